The molecule has 1 aromatic rings. The minimum absolute atomic E-state index is 0.319. The maximum atomic E-state index is 5.96. The van der Waals surface area contributed by atoms with Gasteiger partial charge in [-0.05, 0) is 5.67 Å². The van der Waals surface area contributed by atoms with Gasteiger partial charge in [-0.1, -0.05) is 55.5 Å². The molecule has 0 bridgehead atoms. The SMILES string of the molecule is C[C@@H](N)[Si](C)(C)c1ccccc1. The van der Waals surface area contributed by atoms with Gasteiger partial charge >= 0.3 is 0 Å². The maximum absolute atomic E-state index is 5.96. The first-order valence-electron chi connectivity index (χ1n) is 4.36. The first kappa shape index (κ1) is 9.48. The van der Waals surface area contributed by atoms with Crippen molar-refractivity contribution in [3.63, 3.8) is 0 Å². The van der Waals surface area contributed by atoms with E-state index in [1.807, 2.05) is 0 Å². The van der Waals surface area contributed by atoms with Crippen LogP contribution in [0.4, 0.5) is 0 Å². The summed E-state index contributed by atoms with van der Waals surface area (Å²) in [7, 11) is -1.38. The Hall–Kier alpha value is -0.603. The van der Waals surface area contributed by atoms with E-state index < -0.39 is 8.07 Å². The normalized spacial score (nSPS) is 14.3. The van der Waals surface area contributed by atoms with Crippen molar-refractivity contribution < 1.29 is 0 Å². The van der Waals surface area contributed by atoms with Crippen molar-refractivity contribution in [3.8, 4) is 0 Å². The van der Waals surface area contributed by atoms with Crippen LogP contribution in [0.1, 0.15) is 6.92 Å². The quantitative estimate of drug-likeness (QED) is 0.684. The Kier molecular flexibility index (Phi) is 2.70. The summed E-state index contributed by atoms with van der Waals surface area (Å²) in [6.45, 7) is 6.74. The largest absolute Gasteiger partial charge is 0.330 e. The second-order valence-corrected chi connectivity index (χ2v) is 8.81. The van der Waals surface area contributed by atoms with Crippen LogP contribution in [-0.2, 0) is 0 Å². The van der Waals surface area contributed by atoms with Gasteiger partial charge in [0.05, 0.1) is 8.07 Å². The third-order valence-corrected chi connectivity index (χ3v) is 6.75. The molecule has 1 nitrogen and oxygen atoms in total. The third kappa shape index (κ3) is 1.76. The molecule has 1 aromatic carbocycles. The fraction of sp³-hybridized carbons (Fsp3) is 0.400. The van der Waals surface area contributed by atoms with Crippen LogP contribution in [0.5, 0.6) is 0 Å². The number of hydrogen-bond acceptors (Lipinski definition) is 1. The van der Waals surface area contributed by atoms with Crippen molar-refractivity contribution in [2.75, 3.05) is 0 Å². The van der Waals surface area contributed by atoms with Gasteiger partial charge < -0.3 is 5.73 Å². The average molecular weight is 179 g/mol. The summed E-state index contributed by atoms with van der Waals surface area (Å²) in [5, 5.41) is 1.44. The van der Waals surface area contributed by atoms with Gasteiger partial charge in [0.1, 0.15) is 0 Å². The Morgan fingerprint density at radius 3 is 2.08 bits per heavy atom. The highest BCUT2D eigenvalue weighted by atomic mass is 28.3. The molecule has 2 N–H and O–H groups in total. The fourth-order valence-corrected chi connectivity index (χ4v) is 2.71. The zero-order valence-electron chi connectivity index (χ0n) is 8.04. The van der Waals surface area contributed by atoms with Gasteiger partial charge in [0, 0.05) is 0 Å². The fourth-order valence-electron chi connectivity index (χ4n) is 1.13. The summed E-state index contributed by atoms with van der Waals surface area (Å²) in [5.74, 6) is 0. The molecule has 0 heterocycles. The van der Waals surface area contributed by atoms with Crippen molar-refractivity contribution in [2.24, 2.45) is 5.73 Å². The summed E-state index contributed by atoms with van der Waals surface area (Å²) in [5.41, 5.74) is 6.28. The molecule has 0 aromatic heterocycles. The van der Waals surface area contributed by atoms with Crippen molar-refractivity contribution >= 4 is 13.3 Å². The predicted molar refractivity (Wildman–Crippen MR) is 57.2 cm³/mol. The van der Waals surface area contributed by atoms with E-state index in [9.17, 15) is 0 Å². The van der Waals surface area contributed by atoms with E-state index in [-0.39, 0.29) is 0 Å². The molecule has 0 aliphatic carbocycles. The van der Waals surface area contributed by atoms with Gasteiger partial charge in [0.2, 0.25) is 0 Å². The highest BCUT2D eigenvalue weighted by molar-refractivity contribution is 6.90. The lowest BCUT2D eigenvalue weighted by molar-refractivity contribution is 0.981. The van der Waals surface area contributed by atoms with E-state index in [2.05, 4.69) is 50.3 Å². The van der Waals surface area contributed by atoms with Crippen LogP contribution in [0.2, 0.25) is 13.1 Å². The van der Waals surface area contributed by atoms with E-state index in [0.29, 0.717) is 5.67 Å². The van der Waals surface area contributed by atoms with Crippen molar-refractivity contribution in [2.45, 2.75) is 25.7 Å². The van der Waals surface area contributed by atoms with Crippen LogP contribution < -0.4 is 10.9 Å². The van der Waals surface area contributed by atoms with Gasteiger partial charge in [-0.2, -0.15) is 0 Å². The minimum atomic E-state index is -1.38. The molecule has 0 saturated heterocycles. The summed E-state index contributed by atoms with van der Waals surface area (Å²) < 4.78 is 0. The van der Waals surface area contributed by atoms with Gasteiger partial charge in [0.25, 0.3) is 0 Å². The minimum Gasteiger partial charge on any atom is -0.330 e. The first-order chi connectivity index (χ1) is 5.55. The monoisotopic (exact) mass is 179 g/mol. The lowest BCUT2D eigenvalue weighted by atomic mass is 10.4. The van der Waals surface area contributed by atoms with Crippen LogP contribution in [-0.4, -0.2) is 13.7 Å². The Bertz CT molecular complexity index is 241. The van der Waals surface area contributed by atoms with Crippen LogP contribution in [0.25, 0.3) is 0 Å². The molecule has 2 heteroatoms. The molecule has 0 aliphatic heterocycles. The van der Waals surface area contributed by atoms with Gasteiger partial charge in [-0.3, -0.25) is 0 Å². The van der Waals surface area contributed by atoms with Crippen molar-refractivity contribution in [3.05, 3.63) is 30.3 Å². The van der Waals surface area contributed by atoms with E-state index in [4.69, 9.17) is 5.73 Å². The molecule has 66 valence electrons. The first-order valence-corrected chi connectivity index (χ1v) is 7.44. The smallest absolute Gasteiger partial charge is 0.0977 e. The maximum Gasteiger partial charge on any atom is 0.0977 e. The van der Waals surface area contributed by atoms with E-state index in [0.717, 1.165) is 0 Å². The Morgan fingerprint density at radius 2 is 1.67 bits per heavy atom. The molecule has 1 atom stereocenters. The predicted octanol–water partition coefficient (Wildman–Crippen LogP) is 1.49. The third-order valence-electron chi connectivity index (χ3n) is 2.66. The number of rotatable bonds is 2. The van der Waals surface area contributed by atoms with Crippen LogP contribution in [0.3, 0.4) is 0 Å². The molecule has 0 fully saturated rings. The summed E-state index contributed by atoms with van der Waals surface area (Å²) >= 11 is 0. The Balaban J connectivity index is 2.98. The number of benzene rings is 1. The Labute approximate surface area is 75.6 Å². The molecular formula is C10H17NSi. The highest BCUT2D eigenvalue weighted by Crippen LogP contribution is 2.06. The molecule has 1 rings (SSSR count). The molecule has 0 unspecified atom stereocenters. The molecule has 0 amide bonds. The van der Waals surface area contributed by atoms with Crippen LogP contribution >= 0.6 is 0 Å². The molecule has 0 spiro atoms. The van der Waals surface area contributed by atoms with Gasteiger partial charge in [-0.25, -0.2) is 0 Å². The van der Waals surface area contributed by atoms with Crippen LogP contribution in [0, 0.1) is 0 Å². The Morgan fingerprint density at radius 1 is 1.17 bits per heavy atom. The number of nitrogens with two attached hydrogens (primary N) is 1. The summed E-state index contributed by atoms with van der Waals surface area (Å²) in [6, 6.07) is 10.6. The zero-order chi connectivity index (χ0) is 9.19. The lowest BCUT2D eigenvalue weighted by Crippen LogP contribution is -2.55. The molecule has 0 aliphatic rings. The van der Waals surface area contributed by atoms with Crippen molar-refractivity contribution in [1.29, 1.82) is 0 Å². The van der Waals surface area contributed by atoms with Gasteiger partial charge in [-0.15, -0.1) is 0 Å². The van der Waals surface area contributed by atoms with Crippen LogP contribution in [0.15, 0.2) is 30.3 Å². The van der Waals surface area contributed by atoms with E-state index in [1.54, 1.807) is 0 Å². The standard InChI is InChI=1S/C10H17NSi/c1-9(11)12(2,3)10-7-5-4-6-8-10/h4-9H,11H2,1-3H3/t9-/m0/s1. The summed E-state index contributed by atoms with van der Waals surface area (Å²) in [4.78, 5) is 0. The highest BCUT2D eigenvalue weighted by Gasteiger charge is 2.27. The van der Waals surface area contributed by atoms with E-state index in [1.165, 1.54) is 5.19 Å². The molecule has 0 saturated carbocycles. The molecule has 0 radical (unpaired) electrons. The number of hydrogen-bond donors (Lipinski definition) is 1. The second kappa shape index (κ2) is 3.41. The zero-order valence-corrected chi connectivity index (χ0v) is 9.04. The average Bonchev–Trinajstić information content (AvgIpc) is 2.06. The second-order valence-electron chi connectivity index (χ2n) is 3.88. The topological polar surface area (TPSA) is 26.0 Å². The molecule has 12 heavy (non-hydrogen) atoms. The molecular weight excluding hydrogens is 162 g/mol. The summed E-state index contributed by atoms with van der Waals surface area (Å²) in [6.07, 6.45) is 0. The van der Waals surface area contributed by atoms with Crippen molar-refractivity contribution in [1.82, 2.24) is 0 Å². The lowest BCUT2D eigenvalue weighted by Gasteiger charge is -2.26. The van der Waals surface area contributed by atoms with Gasteiger partial charge in [0.15, 0.2) is 0 Å². The van der Waals surface area contributed by atoms with E-state index >= 15 is 0 Å².